The van der Waals surface area contributed by atoms with Crippen LogP contribution in [-0.2, 0) is 0 Å². The Balaban J connectivity index is 1.56. The van der Waals surface area contributed by atoms with Crippen molar-refractivity contribution in [3.8, 4) is 5.75 Å². The molecule has 0 atom stereocenters. The lowest BCUT2D eigenvalue weighted by molar-refractivity contribution is 0.209. The zero-order valence-electron chi connectivity index (χ0n) is 16.3. The fourth-order valence-corrected chi connectivity index (χ4v) is 3.89. The third-order valence-corrected chi connectivity index (χ3v) is 5.44. The molecule has 148 valence electrons. The van der Waals surface area contributed by atoms with Crippen LogP contribution >= 0.6 is 15.9 Å². The number of halogens is 1. The Bertz CT molecular complexity index is 966. The molecule has 2 aromatic heterocycles. The number of anilines is 3. The molecule has 0 amide bonds. The van der Waals surface area contributed by atoms with Crippen molar-refractivity contribution in [2.24, 2.45) is 0 Å². The first-order chi connectivity index (χ1) is 13.5. The molecular formula is C19H24BrN7O. The summed E-state index contributed by atoms with van der Waals surface area (Å²) >= 11 is 3.41. The van der Waals surface area contributed by atoms with Crippen LogP contribution in [0, 0.1) is 0 Å². The van der Waals surface area contributed by atoms with Crippen LogP contribution in [0.15, 0.2) is 35.3 Å². The Morgan fingerprint density at radius 2 is 1.96 bits per heavy atom. The van der Waals surface area contributed by atoms with Gasteiger partial charge in [0.05, 0.1) is 19.0 Å². The lowest BCUT2D eigenvalue weighted by Gasteiger charge is -2.38. The smallest absolute Gasteiger partial charge is 0.198 e. The monoisotopic (exact) mass is 445 g/mol. The third-order valence-electron chi connectivity index (χ3n) is 5.06. The normalized spacial score (nSPS) is 15.4. The highest BCUT2D eigenvalue weighted by Gasteiger charge is 2.21. The van der Waals surface area contributed by atoms with Gasteiger partial charge in [0.15, 0.2) is 11.5 Å². The van der Waals surface area contributed by atoms with Crippen LogP contribution in [0.25, 0.3) is 5.65 Å². The molecule has 0 radical (unpaired) electrons. The van der Waals surface area contributed by atoms with Gasteiger partial charge in [-0.25, -0.2) is 14.5 Å². The minimum atomic E-state index is 0.585. The number of aromatic nitrogens is 4. The van der Waals surface area contributed by atoms with Crippen molar-refractivity contribution in [3.05, 3.63) is 35.3 Å². The van der Waals surface area contributed by atoms with Crippen LogP contribution in [0.5, 0.6) is 5.75 Å². The number of hydrogen-bond acceptors (Lipinski definition) is 7. The van der Waals surface area contributed by atoms with Gasteiger partial charge >= 0.3 is 0 Å². The predicted octanol–water partition coefficient (Wildman–Crippen LogP) is 3.17. The third kappa shape index (κ3) is 3.77. The molecule has 3 aromatic rings. The van der Waals surface area contributed by atoms with Gasteiger partial charge in [-0.1, -0.05) is 0 Å². The van der Waals surface area contributed by atoms with Crippen LogP contribution in [0.3, 0.4) is 0 Å². The van der Waals surface area contributed by atoms with E-state index in [2.05, 4.69) is 66.0 Å². The molecule has 1 N–H and O–H groups in total. The number of piperazine rings is 1. The summed E-state index contributed by atoms with van der Waals surface area (Å²) in [5.74, 6) is 1.47. The second-order valence-electron chi connectivity index (χ2n) is 7.07. The molecule has 1 aromatic carbocycles. The Labute approximate surface area is 172 Å². The van der Waals surface area contributed by atoms with Crippen molar-refractivity contribution in [2.45, 2.75) is 19.9 Å². The lowest BCUT2D eigenvalue weighted by atomic mass is 10.2. The van der Waals surface area contributed by atoms with Crippen molar-refractivity contribution in [1.29, 1.82) is 0 Å². The first kappa shape index (κ1) is 18.9. The molecule has 1 saturated heterocycles. The van der Waals surface area contributed by atoms with E-state index in [0.717, 1.165) is 43.3 Å². The van der Waals surface area contributed by atoms with Gasteiger partial charge in [0.1, 0.15) is 16.7 Å². The van der Waals surface area contributed by atoms with Crippen molar-refractivity contribution in [1.82, 2.24) is 24.5 Å². The summed E-state index contributed by atoms with van der Waals surface area (Å²) < 4.78 is 8.05. The van der Waals surface area contributed by atoms with E-state index in [0.29, 0.717) is 22.1 Å². The first-order valence-corrected chi connectivity index (χ1v) is 10.1. The second-order valence-corrected chi connectivity index (χ2v) is 7.88. The molecule has 8 nitrogen and oxygen atoms in total. The van der Waals surface area contributed by atoms with E-state index in [9.17, 15) is 0 Å². The van der Waals surface area contributed by atoms with Crippen LogP contribution in [0.4, 0.5) is 17.2 Å². The maximum absolute atomic E-state index is 5.69. The van der Waals surface area contributed by atoms with E-state index < -0.39 is 0 Å². The summed E-state index contributed by atoms with van der Waals surface area (Å²) in [6.07, 6.45) is 3.28. The van der Waals surface area contributed by atoms with Gasteiger partial charge in [0.2, 0.25) is 0 Å². The first-order valence-electron chi connectivity index (χ1n) is 9.35. The summed E-state index contributed by atoms with van der Waals surface area (Å²) in [6, 6.07) is 6.73. The molecule has 0 bridgehead atoms. The number of hydrogen-bond donors (Lipinski definition) is 1. The molecule has 1 aliphatic rings. The molecule has 0 saturated carbocycles. The molecule has 4 rings (SSSR count). The summed E-state index contributed by atoms with van der Waals surface area (Å²) in [5.41, 5.74) is 2.67. The van der Waals surface area contributed by atoms with Gasteiger partial charge in [0, 0.05) is 44.0 Å². The second kappa shape index (κ2) is 7.92. The number of nitrogens with zero attached hydrogens (tertiary/aromatic N) is 6. The number of nitrogens with one attached hydrogen (secondary N) is 1. The highest BCUT2D eigenvalue weighted by molar-refractivity contribution is 9.10. The molecular weight excluding hydrogens is 422 g/mol. The average molecular weight is 446 g/mol. The Hall–Kier alpha value is -2.39. The van der Waals surface area contributed by atoms with E-state index in [1.807, 2.05) is 12.1 Å². The number of ether oxygens (including phenoxy) is 1. The lowest BCUT2D eigenvalue weighted by Crippen LogP contribution is -2.49. The van der Waals surface area contributed by atoms with Crippen LogP contribution in [-0.4, -0.2) is 63.8 Å². The number of fused-ring (bicyclic) bond motifs is 1. The molecule has 1 aliphatic heterocycles. The van der Waals surface area contributed by atoms with Gasteiger partial charge in [0.25, 0.3) is 0 Å². The molecule has 0 aliphatic carbocycles. The predicted molar refractivity (Wildman–Crippen MR) is 114 cm³/mol. The van der Waals surface area contributed by atoms with Crippen molar-refractivity contribution < 1.29 is 4.74 Å². The molecule has 1 fully saturated rings. The highest BCUT2D eigenvalue weighted by Crippen LogP contribution is 2.33. The van der Waals surface area contributed by atoms with Gasteiger partial charge in [-0.05, 0) is 41.9 Å². The number of benzene rings is 1. The standard InChI is InChI=1S/C19H24BrN7O/c1-13(2)25-6-8-26(9-7-25)15-5-4-14(10-16(15)28-3)23-18-19-21-12-22-27(19)11-17(20)24-18/h4-5,10-13H,6-9H2,1-3H3,(H,23,24). The van der Waals surface area contributed by atoms with Crippen LogP contribution < -0.4 is 15.0 Å². The SMILES string of the molecule is COc1cc(Nc2nc(Br)cn3ncnc23)ccc1N1CCN(C(C)C)CC1. The van der Waals surface area contributed by atoms with E-state index in [4.69, 9.17) is 4.74 Å². The minimum absolute atomic E-state index is 0.585. The van der Waals surface area contributed by atoms with Gasteiger partial charge in [-0.3, -0.25) is 4.90 Å². The fourth-order valence-electron chi connectivity index (χ4n) is 3.52. The molecule has 0 unspecified atom stereocenters. The summed E-state index contributed by atoms with van der Waals surface area (Å²) in [6.45, 7) is 8.61. The molecule has 0 spiro atoms. The van der Waals surface area contributed by atoms with Crippen molar-refractivity contribution >= 4 is 38.8 Å². The quantitative estimate of drug-likeness (QED) is 0.646. The minimum Gasteiger partial charge on any atom is -0.495 e. The maximum Gasteiger partial charge on any atom is 0.198 e. The van der Waals surface area contributed by atoms with Gasteiger partial charge < -0.3 is 15.0 Å². The summed E-state index contributed by atoms with van der Waals surface area (Å²) in [7, 11) is 1.71. The van der Waals surface area contributed by atoms with E-state index in [1.54, 1.807) is 17.8 Å². The Kier molecular flexibility index (Phi) is 5.36. The largest absolute Gasteiger partial charge is 0.495 e. The Morgan fingerprint density at radius 3 is 2.68 bits per heavy atom. The van der Waals surface area contributed by atoms with Crippen LogP contribution in [0.2, 0.25) is 0 Å². The van der Waals surface area contributed by atoms with E-state index in [1.165, 1.54) is 6.33 Å². The zero-order valence-corrected chi connectivity index (χ0v) is 17.8. The van der Waals surface area contributed by atoms with E-state index in [-0.39, 0.29) is 0 Å². The summed E-state index contributed by atoms with van der Waals surface area (Å²) in [5, 5.41) is 7.50. The van der Waals surface area contributed by atoms with Gasteiger partial charge in [-0.15, -0.1) is 0 Å². The van der Waals surface area contributed by atoms with Crippen molar-refractivity contribution in [2.75, 3.05) is 43.5 Å². The molecule has 3 heterocycles. The number of rotatable bonds is 5. The summed E-state index contributed by atoms with van der Waals surface area (Å²) in [4.78, 5) is 13.6. The molecule has 28 heavy (non-hydrogen) atoms. The van der Waals surface area contributed by atoms with Crippen molar-refractivity contribution in [3.63, 3.8) is 0 Å². The van der Waals surface area contributed by atoms with E-state index >= 15 is 0 Å². The zero-order chi connectivity index (χ0) is 19.7. The average Bonchev–Trinajstić information content (AvgIpc) is 3.16. The number of methoxy groups -OCH3 is 1. The topological polar surface area (TPSA) is 70.8 Å². The Morgan fingerprint density at radius 1 is 1.18 bits per heavy atom. The van der Waals surface area contributed by atoms with Crippen LogP contribution in [0.1, 0.15) is 13.8 Å². The fraction of sp³-hybridized carbons (Fsp3) is 0.421. The maximum atomic E-state index is 5.69. The highest BCUT2D eigenvalue weighted by atomic mass is 79.9. The molecule has 9 heteroatoms. The van der Waals surface area contributed by atoms with Gasteiger partial charge in [-0.2, -0.15) is 5.10 Å².